The molecule has 0 spiro atoms. The number of amides is 1. The lowest BCUT2D eigenvalue weighted by atomic mass is 10.3. The second-order valence-corrected chi connectivity index (χ2v) is 6.76. The van der Waals surface area contributed by atoms with Crippen LogP contribution in [-0.2, 0) is 24.2 Å². The predicted octanol–water partition coefficient (Wildman–Crippen LogP) is 3.22. The topological polar surface area (TPSA) is 74.2 Å². The normalized spacial score (nSPS) is 11.3. The zero-order chi connectivity index (χ0) is 18.5. The highest BCUT2D eigenvalue weighted by Gasteiger charge is 2.18. The molecule has 1 N–H and O–H groups in total. The number of nitrogens with one attached hydrogen (secondary N) is 1. The second-order valence-electron chi connectivity index (χ2n) is 5.97. The monoisotopic (exact) mass is 422 g/mol. The Labute approximate surface area is 160 Å². The van der Waals surface area contributed by atoms with E-state index in [9.17, 15) is 4.79 Å². The van der Waals surface area contributed by atoms with Crippen molar-refractivity contribution in [3.8, 4) is 0 Å². The zero-order valence-corrected chi connectivity index (χ0v) is 16.6. The van der Waals surface area contributed by atoms with Crippen molar-refractivity contribution in [1.29, 1.82) is 0 Å². The fourth-order valence-electron chi connectivity index (χ4n) is 3.02. The van der Waals surface area contributed by atoms with Crippen molar-refractivity contribution >= 4 is 32.9 Å². The molecule has 3 heterocycles. The molecule has 0 bridgehead atoms. The summed E-state index contributed by atoms with van der Waals surface area (Å²) in [7, 11) is 1.65. The van der Waals surface area contributed by atoms with Crippen LogP contribution in [-0.4, -0.2) is 40.3 Å². The van der Waals surface area contributed by atoms with Crippen molar-refractivity contribution in [2.45, 2.75) is 32.9 Å². The van der Waals surface area contributed by atoms with Gasteiger partial charge in [0.2, 0.25) is 0 Å². The number of methoxy groups -OCH3 is 1. The highest BCUT2D eigenvalue weighted by atomic mass is 79.9. The van der Waals surface area contributed by atoms with Crippen LogP contribution >= 0.6 is 15.9 Å². The number of hydrogen-bond acceptors (Lipinski definition) is 4. The van der Waals surface area contributed by atoms with Crippen molar-refractivity contribution in [1.82, 2.24) is 19.4 Å². The van der Waals surface area contributed by atoms with Gasteiger partial charge in [0.25, 0.3) is 5.91 Å². The third kappa shape index (κ3) is 4.02. The Morgan fingerprint density at radius 3 is 3.00 bits per heavy atom. The Morgan fingerprint density at radius 2 is 2.23 bits per heavy atom. The Balaban J connectivity index is 1.62. The van der Waals surface area contributed by atoms with Crippen LogP contribution in [0.25, 0.3) is 11.1 Å². The number of imidazole rings is 1. The minimum Gasteiger partial charge on any atom is -0.448 e. The van der Waals surface area contributed by atoms with Crippen LogP contribution < -0.4 is 5.32 Å². The van der Waals surface area contributed by atoms with Gasteiger partial charge < -0.3 is 23.6 Å². The van der Waals surface area contributed by atoms with Crippen molar-refractivity contribution in [2.24, 2.45) is 0 Å². The molecule has 0 unspecified atom stereocenters. The van der Waals surface area contributed by atoms with Crippen molar-refractivity contribution in [3.05, 3.63) is 40.7 Å². The molecule has 0 saturated heterocycles. The summed E-state index contributed by atoms with van der Waals surface area (Å²) in [5, 5.41) is 2.99. The average Bonchev–Trinajstić information content (AvgIpc) is 3.30. The first-order valence-corrected chi connectivity index (χ1v) is 9.49. The lowest BCUT2D eigenvalue weighted by Gasteiger charge is -2.11. The maximum Gasteiger partial charge on any atom is 0.268 e. The number of furan rings is 1. The number of carbonyl (C=O) groups excluding carboxylic acids is 1. The molecule has 8 heteroatoms. The quantitative estimate of drug-likeness (QED) is 0.537. The van der Waals surface area contributed by atoms with E-state index in [2.05, 4.69) is 37.7 Å². The molecule has 0 radical (unpaired) electrons. The predicted molar refractivity (Wildman–Crippen MR) is 102 cm³/mol. The van der Waals surface area contributed by atoms with Crippen LogP contribution in [0.4, 0.5) is 0 Å². The Bertz CT molecular complexity index is 880. The van der Waals surface area contributed by atoms with Crippen LogP contribution in [0.5, 0.6) is 0 Å². The third-order valence-corrected chi connectivity index (χ3v) is 4.68. The summed E-state index contributed by atoms with van der Waals surface area (Å²) in [5.41, 5.74) is 2.15. The van der Waals surface area contributed by atoms with Gasteiger partial charge in [0.05, 0.1) is 12.1 Å². The average molecular weight is 423 g/mol. The minimum absolute atomic E-state index is 0.107. The molecule has 7 nitrogen and oxygen atoms in total. The Morgan fingerprint density at radius 1 is 1.38 bits per heavy atom. The smallest absolute Gasteiger partial charge is 0.268 e. The van der Waals surface area contributed by atoms with Gasteiger partial charge in [-0.05, 0) is 22.4 Å². The van der Waals surface area contributed by atoms with E-state index in [0.717, 1.165) is 30.7 Å². The van der Waals surface area contributed by atoms with Gasteiger partial charge in [0, 0.05) is 57.7 Å². The standard InChI is InChI=1S/C18H23BrN4O3/c1-3-17-20-6-8-22(17)7-4-5-21-18(24)14-11-15-13(12-16(19)26-15)23(14)9-10-25-2/h6,8,11-12H,3-5,7,9-10H2,1-2H3,(H,21,24). The molecule has 0 aliphatic carbocycles. The number of rotatable bonds is 9. The first kappa shape index (κ1) is 18.7. The molecule has 140 valence electrons. The number of aryl methyl sites for hydroxylation is 2. The number of halogens is 1. The summed E-state index contributed by atoms with van der Waals surface area (Å²) in [6.07, 6.45) is 5.53. The van der Waals surface area contributed by atoms with E-state index < -0.39 is 0 Å². The first-order chi connectivity index (χ1) is 12.6. The van der Waals surface area contributed by atoms with Gasteiger partial charge in [-0.1, -0.05) is 6.92 Å². The summed E-state index contributed by atoms with van der Waals surface area (Å²) < 4.78 is 15.4. The van der Waals surface area contributed by atoms with Gasteiger partial charge in [-0.25, -0.2) is 4.98 Å². The molecule has 3 rings (SSSR count). The SMILES string of the molecule is CCc1nccn1CCCNC(=O)c1cc2oc(Br)cc2n1CCOC. The second kappa shape index (κ2) is 8.55. The maximum atomic E-state index is 12.6. The first-order valence-electron chi connectivity index (χ1n) is 8.69. The number of aromatic nitrogens is 3. The van der Waals surface area contributed by atoms with Crippen LogP contribution in [0, 0.1) is 0 Å². The molecule has 3 aromatic heterocycles. The van der Waals surface area contributed by atoms with Gasteiger partial charge in [0.15, 0.2) is 10.3 Å². The summed E-state index contributed by atoms with van der Waals surface area (Å²) in [6.45, 7) is 4.63. The van der Waals surface area contributed by atoms with Gasteiger partial charge in [0.1, 0.15) is 11.5 Å². The summed E-state index contributed by atoms with van der Waals surface area (Å²) >= 11 is 3.33. The molecule has 3 aromatic rings. The van der Waals surface area contributed by atoms with Gasteiger partial charge in [-0.15, -0.1) is 0 Å². The van der Waals surface area contributed by atoms with Gasteiger partial charge in [-0.3, -0.25) is 4.79 Å². The lowest BCUT2D eigenvalue weighted by molar-refractivity contribution is 0.0941. The molecule has 26 heavy (non-hydrogen) atoms. The van der Waals surface area contributed by atoms with E-state index in [4.69, 9.17) is 9.15 Å². The number of carbonyl (C=O) groups is 1. The fourth-order valence-corrected chi connectivity index (χ4v) is 3.41. The maximum absolute atomic E-state index is 12.6. The van der Waals surface area contributed by atoms with E-state index in [1.807, 2.05) is 23.0 Å². The fraction of sp³-hybridized carbons (Fsp3) is 0.444. The molecule has 1 amide bonds. The minimum atomic E-state index is -0.107. The van der Waals surface area contributed by atoms with Gasteiger partial charge >= 0.3 is 0 Å². The number of hydrogen-bond donors (Lipinski definition) is 1. The van der Waals surface area contributed by atoms with E-state index in [0.29, 0.717) is 35.6 Å². The van der Waals surface area contributed by atoms with E-state index in [-0.39, 0.29) is 5.91 Å². The largest absolute Gasteiger partial charge is 0.448 e. The van der Waals surface area contributed by atoms with Gasteiger partial charge in [-0.2, -0.15) is 0 Å². The van der Waals surface area contributed by atoms with E-state index >= 15 is 0 Å². The molecule has 0 aromatic carbocycles. The van der Waals surface area contributed by atoms with Crippen molar-refractivity contribution in [2.75, 3.05) is 20.3 Å². The summed E-state index contributed by atoms with van der Waals surface area (Å²) in [4.78, 5) is 16.9. The number of fused-ring (bicyclic) bond motifs is 1. The van der Waals surface area contributed by atoms with Crippen LogP contribution in [0.2, 0.25) is 0 Å². The van der Waals surface area contributed by atoms with Crippen LogP contribution in [0.15, 0.2) is 33.6 Å². The third-order valence-electron chi connectivity index (χ3n) is 4.29. The Kier molecular flexibility index (Phi) is 6.16. The molecule has 0 saturated carbocycles. The van der Waals surface area contributed by atoms with Crippen LogP contribution in [0.3, 0.4) is 0 Å². The Hall–Kier alpha value is -2.06. The summed E-state index contributed by atoms with van der Waals surface area (Å²) in [6, 6.07) is 3.64. The number of ether oxygens (including phenoxy) is 1. The zero-order valence-electron chi connectivity index (χ0n) is 15.0. The lowest BCUT2D eigenvalue weighted by Crippen LogP contribution is -2.28. The van der Waals surface area contributed by atoms with E-state index in [1.54, 1.807) is 13.2 Å². The highest BCUT2D eigenvalue weighted by molar-refractivity contribution is 9.10. The van der Waals surface area contributed by atoms with Crippen molar-refractivity contribution < 1.29 is 13.9 Å². The molecule has 0 fully saturated rings. The number of nitrogens with zero attached hydrogens (tertiary/aromatic N) is 3. The van der Waals surface area contributed by atoms with Crippen LogP contribution in [0.1, 0.15) is 29.7 Å². The molecule has 0 atom stereocenters. The molecule has 0 aliphatic heterocycles. The highest BCUT2D eigenvalue weighted by Crippen LogP contribution is 2.27. The molecular formula is C18H23BrN4O3. The molecule has 0 aliphatic rings. The summed E-state index contributed by atoms with van der Waals surface area (Å²) in [5.74, 6) is 0.959. The molecular weight excluding hydrogens is 400 g/mol. The van der Waals surface area contributed by atoms with E-state index in [1.165, 1.54) is 0 Å². The van der Waals surface area contributed by atoms with Crippen molar-refractivity contribution in [3.63, 3.8) is 0 Å².